The summed E-state index contributed by atoms with van der Waals surface area (Å²) in [7, 11) is 0. The molecule has 5 nitrogen and oxygen atoms in total. The summed E-state index contributed by atoms with van der Waals surface area (Å²) in [5.74, 6) is -3.34. The number of benzene rings is 3. The lowest BCUT2D eigenvalue weighted by atomic mass is 10.1. The predicted octanol–water partition coefficient (Wildman–Crippen LogP) is 5.53. The van der Waals surface area contributed by atoms with Crippen LogP contribution in [0.1, 0.15) is 36.7 Å². The van der Waals surface area contributed by atoms with Crippen molar-refractivity contribution in [3.63, 3.8) is 0 Å². The lowest BCUT2D eigenvalue weighted by Crippen LogP contribution is -2.39. The van der Waals surface area contributed by atoms with Gasteiger partial charge < -0.3 is 9.47 Å². The molecule has 0 N–H and O–H groups in total. The van der Waals surface area contributed by atoms with Crippen LogP contribution in [-0.4, -0.2) is 24.0 Å². The topological polar surface area (TPSA) is 55.8 Å². The molecule has 0 aliphatic heterocycles. The molecule has 0 fully saturated rings. The van der Waals surface area contributed by atoms with E-state index in [1.54, 1.807) is 39.0 Å². The van der Waals surface area contributed by atoms with E-state index in [1.807, 2.05) is 30.3 Å². The predicted molar refractivity (Wildman–Crippen MR) is 121 cm³/mol. The Labute approximate surface area is 191 Å². The molecule has 3 rings (SSSR count). The summed E-state index contributed by atoms with van der Waals surface area (Å²) >= 11 is 0. The van der Waals surface area contributed by atoms with Crippen LogP contribution >= 0.6 is 0 Å². The number of carbonyl (C=O) groups excluding carboxylic acids is 2. The molecule has 3 aromatic carbocycles. The molecule has 1 amide bonds. The summed E-state index contributed by atoms with van der Waals surface area (Å²) < 4.78 is 39.8. The summed E-state index contributed by atoms with van der Waals surface area (Å²) in [6.45, 7) is 4.81. The molecule has 3 aromatic rings. The average Bonchev–Trinajstić information content (AvgIpc) is 2.75. The van der Waals surface area contributed by atoms with Gasteiger partial charge in [-0.15, -0.1) is 0 Å². The summed E-state index contributed by atoms with van der Waals surface area (Å²) in [5, 5.41) is 0. The van der Waals surface area contributed by atoms with Crippen molar-refractivity contribution in [2.24, 2.45) is 0 Å². The molecule has 0 aliphatic rings. The highest BCUT2D eigenvalue weighted by molar-refractivity contribution is 6.08. The van der Waals surface area contributed by atoms with E-state index in [-0.39, 0.29) is 12.3 Å². The van der Waals surface area contributed by atoms with Crippen LogP contribution in [0.15, 0.2) is 72.8 Å². The first-order valence-corrected chi connectivity index (χ1v) is 10.4. The third-order valence-electron chi connectivity index (χ3n) is 4.51. The quantitative estimate of drug-likeness (QED) is 0.441. The summed E-state index contributed by atoms with van der Waals surface area (Å²) in [6.07, 6.45) is 0. The molecule has 7 heteroatoms. The average molecular weight is 453 g/mol. The Morgan fingerprint density at radius 1 is 0.879 bits per heavy atom. The fourth-order valence-electron chi connectivity index (χ4n) is 3.10. The molecule has 0 heterocycles. The van der Waals surface area contributed by atoms with Gasteiger partial charge in [0.05, 0.1) is 0 Å². The van der Waals surface area contributed by atoms with Crippen LogP contribution in [0.5, 0.6) is 5.75 Å². The van der Waals surface area contributed by atoms with E-state index in [0.29, 0.717) is 5.75 Å². The second kappa shape index (κ2) is 10.3. The normalized spacial score (nSPS) is 11.1. The van der Waals surface area contributed by atoms with Crippen molar-refractivity contribution in [1.82, 2.24) is 0 Å². The number of hydrogen-bond acceptors (Lipinski definition) is 4. The molecule has 172 valence electrons. The Kier molecular flexibility index (Phi) is 7.43. The van der Waals surface area contributed by atoms with Crippen LogP contribution in [0.3, 0.4) is 0 Å². The number of hydrogen-bond donors (Lipinski definition) is 0. The van der Waals surface area contributed by atoms with Gasteiger partial charge >= 0.3 is 5.97 Å². The highest BCUT2D eigenvalue weighted by Gasteiger charge is 2.28. The van der Waals surface area contributed by atoms with Gasteiger partial charge in [-0.1, -0.05) is 42.5 Å². The zero-order valence-corrected chi connectivity index (χ0v) is 18.7. The van der Waals surface area contributed by atoms with Gasteiger partial charge in [0.25, 0.3) is 5.91 Å². The van der Waals surface area contributed by atoms with Crippen molar-refractivity contribution in [2.45, 2.75) is 33.0 Å². The van der Waals surface area contributed by atoms with Gasteiger partial charge in [0.1, 0.15) is 41.7 Å². The molecule has 0 unspecified atom stereocenters. The first kappa shape index (κ1) is 23.9. The van der Waals surface area contributed by atoms with Crippen LogP contribution < -0.4 is 9.64 Å². The van der Waals surface area contributed by atoms with Gasteiger partial charge in [0.2, 0.25) is 0 Å². The lowest BCUT2D eigenvalue weighted by molar-refractivity contribution is -0.152. The van der Waals surface area contributed by atoms with Crippen molar-refractivity contribution in [3.8, 4) is 5.75 Å². The Morgan fingerprint density at radius 2 is 1.52 bits per heavy atom. The van der Waals surface area contributed by atoms with Gasteiger partial charge in [-0.3, -0.25) is 14.5 Å². The van der Waals surface area contributed by atoms with Crippen molar-refractivity contribution < 1.29 is 27.8 Å². The Balaban J connectivity index is 1.91. The minimum atomic E-state index is -1.02. The van der Waals surface area contributed by atoms with Gasteiger partial charge in [-0.25, -0.2) is 8.78 Å². The molecule has 0 aliphatic carbocycles. The van der Waals surface area contributed by atoms with Crippen LogP contribution in [-0.2, 0) is 16.1 Å². The van der Waals surface area contributed by atoms with Crippen LogP contribution in [0.25, 0.3) is 0 Å². The fraction of sp³-hybridized carbons (Fsp3) is 0.231. The van der Waals surface area contributed by atoms with E-state index in [1.165, 1.54) is 6.07 Å². The number of esters is 1. The van der Waals surface area contributed by atoms with Gasteiger partial charge in [-0.2, -0.15) is 0 Å². The monoisotopic (exact) mass is 453 g/mol. The highest BCUT2D eigenvalue weighted by Crippen LogP contribution is 2.26. The highest BCUT2D eigenvalue weighted by atomic mass is 19.1. The van der Waals surface area contributed by atoms with E-state index < -0.39 is 41.2 Å². The number of ether oxygens (including phenoxy) is 2. The maximum absolute atomic E-state index is 14.3. The molecule has 0 atom stereocenters. The number of anilines is 1. The van der Waals surface area contributed by atoms with Crippen molar-refractivity contribution in [2.75, 3.05) is 11.4 Å². The maximum Gasteiger partial charge on any atom is 0.326 e. The van der Waals surface area contributed by atoms with E-state index >= 15 is 0 Å². The zero-order valence-electron chi connectivity index (χ0n) is 18.7. The molecule has 0 spiro atoms. The third kappa shape index (κ3) is 6.62. The van der Waals surface area contributed by atoms with Crippen molar-refractivity contribution in [3.05, 3.63) is 95.6 Å². The van der Waals surface area contributed by atoms with E-state index in [0.717, 1.165) is 28.7 Å². The number of nitrogens with zero attached hydrogens (tertiary/aromatic N) is 1. The molecule has 0 saturated carbocycles. The third-order valence-corrected chi connectivity index (χ3v) is 4.51. The maximum atomic E-state index is 14.3. The van der Waals surface area contributed by atoms with Gasteiger partial charge in [-0.05, 0) is 50.6 Å². The van der Waals surface area contributed by atoms with Crippen LogP contribution in [0.4, 0.5) is 14.5 Å². The number of halogens is 2. The molecular formula is C26H25F2NO4. The molecule has 0 saturated heterocycles. The van der Waals surface area contributed by atoms with Crippen molar-refractivity contribution >= 4 is 17.6 Å². The standard InChI is InChI=1S/C26H25F2NO4/c1-26(2,3)33-23(30)16-29(25(31)24-21(27)13-8-14-22(24)28)19-11-7-12-20(15-19)32-17-18-9-5-4-6-10-18/h4-15H,16-17H2,1-3H3. The molecular weight excluding hydrogens is 428 g/mol. The molecule has 33 heavy (non-hydrogen) atoms. The van der Waals surface area contributed by atoms with E-state index in [4.69, 9.17) is 9.47 Å². The van der Waals surface area contributed by atoms with Crippen molar-refractivity contribution in [1.29, 1.82) is 0 Å². The Hall–Kier alpha value is -3.74. The van der Waals surface area contributed by atoms with Crippen LogP contribution in [0, 0.1) is 11.6 Å². The molecule has 0 bridgehead atoms. The molecule has 0 radical (unpaired) electrons. The first-order chi connectivity index (χ1) is 15.6. The zero-order chi connectivity index (χ0) is 24.0. The molecule has 0 aromatic heterocycles. The SMILES string of the molecule is CC(C)(C)OC(=O)CN(C(=O)c1c(F)cccc1F)c1cccc(OCc2ccccc2)c1. The fourth-order valence-corrected chi connectivity index (χ4v) is 3.10. The van der Waals surface area contributed by atoms with E-state index in [9.17, 15) is 18.4 Å². The summed E-state index contributed by atoms with van der Waals surface area (Å²) in [5.41, 5.74) is -0.371. The largest absolute Gasteiger partial charge is 0.489 e. The smallest absolute Gasteiger partial charge is 0.326 e. The first-order valence-electron chi connectivity index (χ1n) is 10.4. The van der Waals surface area contributed by atoms with Gasteiger partial charge in [0, 0.05) is 11.8 Å². The Morgan fingerprint density at radius 3 is 2.15 bits per heavy atom. The minimum absolute atomic E-state index is 0.235. The number of carbonyl (C=O) groups is 2. The Bertz CT molecular complexity index is 1110. The van der Waals surface area contributed by atoms with Crippen LogP contribution in [0.2, 0.25) is 0 Å². The summed E-state index contributed by atoms with van der Waals surface area (Å²) in [6, 6.07) is 19.0. The minimum Gasteiger partial charge on any atom is -0.489 e. The van der Waals surface area contributed by atoms with E-state index in [2.05, 4.69) is 0 Å². The number of rotatable bonds is 7. The summed E-state index contributed by atoms with van der Waals surface area (Å²) in [4.78, 5) is 26.7. The second-order valence-electron chi connectivity index (χ2n) is 8.35. The second-order valence-corrected chi connectivity index (χ2v) is 8.35. The lowest BCUT2D eigenvalue weighted by Gasteiger charge is -2.26. The van der Waals surface area contributed by atoms with Gasteiger partial charge in [0.15, 0.2) is 0 Å². The number of amides is 1.